The lowest BCUT2D eigenvalue weighted by Crippen LogP contribution is -2.03. The van der Waals surface area contributed by atoms with Crippen molar-refractivity contribution in [1.82, 2.24) is 0 Å². The number of amides is 1. The Kier molecular flexibility index (Phi) is 5.61. The first-order valence-corrected chi connectivity index (χ1v) is 4.11. The van der Waals surface area contributed by atoms with Gasteiger partial charge in [0, 0.05) is 0 Å². The number of hydrogen-bond donors (Lipinski definition) is 2. The molecule has 0 saturated heterocycles. The summed E-state index contributed by atoms with van der Waals surface area (Å²) in [5.74, 6) is 1.04. The van der Waals surface area contributed by atoms with Gasteiger partial charge >= 0.3 is 6.09 Å². The molecular weight excluding hydrogens is 142 g/mol. The van der Waals surface area contributed by atoms with E-state index in [2.05, 4.69) is 12.7 Å². The second-order valence-corrected chi connectivity index (χ2v) is 3.08. The minimum Gasteiger partial charge on any atom is -0.465 e. The number of carbonyl (C=O) groups is 1. The Balaban J connectivity index is 0.000000218. The molecule has 1 aliphatic carbocycles. The monoisotopic (exact) mass is 159 g/mol. The SMILES string of the molecule is CC1CCCCC1.NC(=O)O. The summed E-state index contributed by atoms with van der Waals surface area (Å²) < 4.78 is 0. The van der Waals surface area contributed by atoms with Crippen LogP contribution in [0.1, 0.15) is 39.0 Å². The number of hydrogen-bond acceptors (Lipinski definition) is 1. The zero-order valence-corrected chi connectivity index (χ0v) is 7.05. The van der Waals surface area contributed by atoms with E-state index in [4.69, 9.17) is 9.90 Å². The number of carboxylic acid groups (broad SMARTS) is 1. The summed E-state index contributed by atoms with van der Waals surface area (Å²) in [6.07, 6.45) is 6.10. The predicted octanol–water partition coefficient (Wildman–Crippen LogP) is 2.21. The van der Waals surface area contributed by atoms with Crippen LogP contribution in [-0.4, -0.2) is 11.2 Å². The van der Waals surface area contributed by atoms with Crippen molar-refractivity contribution in [3.63, 3.8) is 0 Å². The summed E-state index contributed by atoms with van der Waals surface area (Å²) in [6, 6.07) is 0. The Morgan fingerprint density at radius 1 is 1.36 bits per heavy atom. The summed E-state index contributed by atoms with van der Waals surface area (Å²) in [4.78, 5) is 8.78. The van der Waals surface area contributed by atoms with Crippen molar-refractivity contribution in [3.05, 3.63) is 0 Å². The van der Waals surface area contributed by atoms with Crippen LogP contribution in [0.3, 0.4) is 0 Å². The van der Waals surface area contributed by atoms with Crippen LogP contribution in [0.5, 0.6) is 0 Å². The van der Waals surface area contributed by atoms with Crippen LogP contribution in [0.15, 0.2) is 0 Å². The standard InChI is InChI=1S/C7H14.CH3NO2/c1-7-5-3-2-4-6-7;2-1(3)4/h7H,2-6H2,1H3;2H2,(H,3,4). The summed E-state index contributed by atoms with van der Waals surface area (Å²) in [7, 11) is 0. The molecule has 3 nitrogen and oxygen atoms in total. The highest BCUT2D eigenvalue weighted by Gasteiger charge is 2.05. The zero-order chi connectivity index (χ0) is 8.69. The third-order valence-electron chi connectivity index (χ3n) is 1.89. The number of rotatable bonds is 0. The van der Waals surface area contributed by atoms with E-state index in [1.54, 1.807) is 0 Å². The fraction of sp³-hybridized carbons (Fsp3) is 0.875. The molecule has 0 aliphatic heterocycles. The molecule has 0 spiro atoms. The first-order chi connectivity index (χ1) is 5.13. The van der Waals surface area contributed by atoms with Crippen LogP contribution >= 0.6 is 0 Å². The molecule has 0 heterocycles. The van der Waals surface area contributed by atoms with E-state index in [1.807, 2.05) is 0 Å². The molecule has 1 aliphatic rings. The molecule has 0 bridgehead atoms. The molecule has 1 amide bonds. The maximum atomic E-state index is 8.78. The van der Waals surface area contributed by atoms with Gasteiger partial charge in [0.05, 0.1) is 0 Å². The lowest BCUT2D eigenvalue weighted by Gasteiger charge is -2.15. The van der Waals surface area contributed by atoms with E-state index in [0.717, 1.165) is 5.92 Å². The zero-order valence-electron chi connectivity index (χ0n) is 7.05. The minimum absolute atomic E-state index is 1.04. The van der Waals surface area contributed by atoms with Gasteiger partial charge in [-0.25, -0.2) is 4.79 Å². The fourth-order valence-electron chi connectivity index (χ4n) is 1.31. The third kappa shape index (κ3) is 9.27. The molecule has 0 atom stereocenters. The topological polar surface area (TPSA) is 63.3 Å². The van der Waals surface area contributed by atoms with Crippen molar-refractivity contribution >= 4 is 6.09 Å². The van der Waals surface area contributed by atoms with Gasteiger partial charge in [0.25, 0.3) is 0 Å². The van der Waals surface area contributed by atoms with Crippen LogP contribution in [0, 0.1) is 5.92 Å². The predicted molar refractivity (Wildman–Crippen MR) is 44.5 cm³/mol. The number of nitrogens with two attached hydrogens (primary N) is 1. The highest BCUT2D eigenvalue weighted by atomic mass is 16.4. The molecular formula is C8H17NO2. The molecule has 1 fully saturated rings. The summed E-state index contributed by atoms with van der Waals surface area (Å²) in [6.45, 7) is 2.36. The second kappa shape index (κ2) is 6.01. The van der Waals surface area contributed by atoms with Crippen LogP contribution < -0.4 is 5.73 Å². The smallest absolute Gasteiger partial charge is 0.402 e. The highest BCUT2D eigenvalue weighted by molar-refractivity contribution is 5.61. The van der Waals surface area contributed by atoms with Crippen molar-refractivity contribution in [2.75, 3.05) is 0 Å². The second-order valence-electron chi connectivity index (χ2n) is 3.08. The van der Waals surface area contributed by atoms with Crippen LogP contribution in [0.2, 0.25) is 0 Å². The Morgan fingerprint density at radius 2 is 1.73 bits per heavy atom. The van der Waals surface area contributed by atoms with Gasteiger partial charge in [-0.1, -0.05) is 39.0 Å². The van der Waals surface area contributed by atoms with E-state index < -0.39 is 6.09 Å². The van der Waals surface area contributed by atoms with Crippen molar-refractivity contribution < 1.29 is 9.90 Å². The average molecular weight is 159 g/mol. The lowest BCUT2D eigenvalue weighted by atomic mass is 9.91. The van der Waals surface area contributed by atoms with Gasteiger partial charge in [-0.05, 0) is 5.92 Å². The van der Waals surface area contributed by atoms with E-state index in [0.29, 0.717) is 0 Å². The van der Waals surface area contributed by atoms with Gasteiger partial charge in [0.1, 0.15) is 0 Å². The number of primary amides is 1. The molecule has 66 valence electrons. The van der Waals surface area contributed by atoms with Gasteiger partial charge in [0.2, 0.25) is 0 Å². The lowest BCUT2D eigenvalue weighted by molar-refractivity contribution is 0.205. The maximum Gasteiger partial charge on any atom is 0.402 e. The molecule has 0 aromatic carbocycles. The first-order valence-electron chi connectivity index (χ1n) is 4.11. The first kappa shape index (κ1) is 10.3. The fourth-order valence-corrected chi connectivity index (χ4v) is 1.31. The van der Waals surface area contributed by atoms with Gasteiger partial charge in [-0.2, -0.15) is 0 Å². The summed E-state index contributed by atoms with van der Waals surface area (Å²) >= 11 is 0. The molecule has 11 heavy (non-hydrogen) atoms. The molecule has 1 rings (SSSR count). The molecule has 3 heteroatoms. The Morgan fingerprint density at radius 3 is 1.91 bits per heavy atom. The van der Waals surface area contributed by atoms with Crippen molar-refractivity contribution in [3.8, 4) is 0 Å². The van der Waals surface area contributed by atoms with Gasteiger partial charge in [-0.3, -0.25) is 0 Å². The van der Waals surface area contributed by atoms with Crippen LogP contribution in [-0.2, 0) is 0 Å². The minimum atomic E-state index is -1.33. The van der Waals surface area contributed by atoms with E-state index in [1.165, 1.54) is 32.1 Å². The largest absolute Gasteiger partial charge is 0.465 e. The van der Waals surface area contributed by atoms with E-state index in [-0.39, 0.29) is 0 Å². The Hall–Kier alpha value is -0.730. The molecule has 0 radical (unpaired) electrons. The third-order valence-corrected chi connectivity index (χ3v) is 1.89. The normalized spacial score (nSPS) is 18.3. The maximum absolute atomic E-state index is 8.78. The molecule has 0 aromatic heterocycles. The Labute approximate surface area is 67.6 Å². The van der Waals surface area contributed by atoms with Crippen molar-refractivity contribution in [2.24, 2.45) is 11.7 Å². The highest BCUT2D eigenvalue weighted by Crippen LogP contribution is 2.21. The van der Waals surface area contributed by atoms with Gasteiger partial charge in [-0.15, -0.1) is 0 Å². The molecule has 1 saturated carbocycles. The van der Waals surface area contributed by atoms with Crippen LogP contribution in [0.4, 0.5) is 4.79 Å². The van der Waals surface area contributed by atoms with Crippen molar-refractivity contribution in [1.29, 1.82) is 0 Å². The van der Waals surface area contributed by atoms with Gasteiger partial charge in [0.15, 0.2) is 0 Å². The van der Waals surface area contributed by atoms with E-state index in [9.17, 15) is 0 Å². The van der Waals surface area contributed by atoms with Crippen molar-refractivity contribution in [2.45, 2.75) is 39.0 Å². The average Bonchev–Trinajstić information content (AvgIpc) is 1.87. The Bertz CT molecular complexity index is 105. The summed E-state index contributed by atoms with van der Waals surface area (Å²) in [5.41, 5.74) is 4.03. The van der Waals surface area contributed by atoms with E-state index >= 15 is 0 Å². The van der Waals surface area contributed by atoms with Crippen LogP contribution in [0.25, 0.3) is 0 Å². The van der Waals surface area contributed by atoms with Gasteiger partial charge < -0.3 is 10.8 Å². The molecule has 3 N–H and O–H groups in total. The quantitative estimate of drug-likeness (QED) is 0.569. The summed E-state index contributed by atoms with van der Waals surface area (Å²) in [5, 5.41) is 7.19. The molecule has 0 aromatic rings. The molecule has 0 unspecified atom stereocenters.